The number of benzene rings is 10. The molecule has 12 heterocycles. The van der Waals surface area contributed by atoms with E-state index < -0.39 is 0 Å². The van der Waals surface area contributed by atoms with E-state index >= 15 is 0 Å². The van der Waals surface area contributed by atoms with E-state index in [0.717, 1.165) is 157 Å². The Labute approximate surface area is 741 Å². The normalized spacial score (nSPS) is 10.5. The third-order valence-electron chi connectivity index (χ3n) is 19.5. The topological polar surface area (TPSA) is 271 Å². The molecule has 0 saturated heterocycles. The average Bonchev–Trinajstić information content (AvgIpc) is 0.778. The van der Waals surface area contributed by atoms with E-state index in [9.17, 15) is 0 Å². The molecule has 21 nitrogen and oxygen atoms in total. The minimum Gasteiger partial charge on any atom is -0.262 e. The Morgan fingerprint density at radius 3 is 1.12 bits per heavy atom. The molecule has 10 aromatic carbocycles. The van der Waals surface area contributed by atoms with Crippen LogP contribution in [0.4, 0.5) is 0 Å². The molecule has 0 N–H and O–H groups in total. The van der Waals surface area contributed by atoms with Gasteiger partial charge in [-0.1, -0.05) is 237 Å². The van der Waals surface area contributed by atoms with E-state index in [1.165, 1.54) is 22.1 Å². The van der Waals surface area contributed by atoms with Gasteiger partial charge in [0.2, 0.25) is 0 Å². The van der Waals surface area contributed by atoms with Gasteiger partial charge in [-0.25, -0.2) is 59.8 Å². The number of aryl methyl sites for hydroxylation is 8. The van der Waals surface area contributed by atoms with E-state index in [1.807, 2.05) is 291 Å². The van der Waals surface area contributed by atoms with E-state index in [-0.39, 0.29) is 0 Å². The molecular formula is C107H87N21. The van der Waals surface area contributed by atoms with Crippen molar-refractivity contribution in [3.05, 3.63) is 429 Å². The lowest BCUT2D eigenvalue weighted by atomic mass is 10.0. The summed E-state index contributed by atoms with van der Waals surface area (Å²) in [5.41, 5.74) is 29.5. The van der Waals surface area contributed by atoms with Gasteiger partial charge in [0.25, 0.3) is 0 Å². The van der Waals surface area contributed by atoms with Crippen LogP contribution in [0.1, 0.15) is 45.4 Å². The predicted octanol–water partition coefficient (Wildman–Crippen LogP) is 23.5. The zero-order valence-electron chi connectivity index (χ0n) is 71.8. The molecule has 0 saturated carbocycles. The molecule has 22 rings (SSSR count). The number of aromatic nitrogens is 21. The number of pyridine rings is 5. The van der Waals surface area contributed by atoms with E-state index in [0.29, 0.717) is 23.1 Å². The molecule has 620 valence electrons. The first-order valence-electron chi connectivity index (χ1n) is 41.5. The van der Waals surface area contributed by atoms with Crippen molar-refractivity contribution in [2.75, 3.05) is 0 Å². The number of hydrogen-bond donors (Lipinski definition) is 0. The molecule has 128 heavy (non-hydrogen) atoms. The first-order chi connectivity index (χ1) is 62.7. The SMILES string of the molecule is Cc1cc(-c2ccccc2)c2ccccc2n1.Cc1ccc2nc(-c3ccccc3)c(-c3ccccc3)nc2c1.Cc1ccc2nc(-c3ccccn3)c(-c3ccccn3)nc2c1.Cc1cnc(-c2ccccc2)nn1.Cc1cnc2ccccc2n1.Cc1cnc2cccnc2n1.Cc1cnc2ccncc2n1.Cc1nc(-c2ccccc2)nc(-c2ccccc2)n1. The van der Waals surface area contributed by atoms with Crippen molar-refractivity contribution in [2.45, 2.75) is 55.4 Å². The van der Waals surface area contributed by atoms with Crippen LogP contribution in [0.15, 0.2) is 383 Å². The molecule has 0 aliphatic heterocycles. The Morgan fingerprint density at radius 2 is 0.594 bits per heavy atom. The lowest BCUT2D eigenvalue weighted by Gasteiger charge is -2.10. The van der Waals surface area contributed by atoms with Crippen LogP contribution in [-0.4, -0.2) is 105 Å². The molecule has 0 spiro atoms. The van der Waals surface area contributed by atoms with Gasteiger partial charge in [0.05, 0.1) is 102 Å². The molecular weight excluding hydrogens is 1580 g/mol. The third kappa shape index (κ3) is 23.2. The molecule has 12 aromatic heterocycles. The molecule has 0 bridgehead atoms. The maximum atomic E-state index is 4.92. The van der Waals surface area contributed by atoms with Crippen molar-refractivity contribution in [1.82, 2.24) is 105 Å². The minimum absolute atomic E-state index is 0.672. The summed E-state index contributed by atoms with van der Waals surface area (Å²) in [6.45, 7) is 15.7. The fraction of sp³-hybridized carbons (Fsp3) is 0.0748. The highest BCUT2D eigenvalue weighted by Crippen LogP contribution is 2.34. The Balaban J connectivity index is 0.000000114. The maximum absolute atomic E-state index is 4.92. The minimum atomic E-state index is 0.672. The Morgan fingerprint density at radius 1 is 0.195 bits per heavy atom. The summed E-state index contributed by atoms with van der Waals surface area (Å²) in [5.74, 6) is 2.83. The Kier molecular flexibility index (Phi) is 28.6. The second kappa shape index (κ2) is 42.6. The first kappa shape index (κ1) is 85.9. The van der Waals surface area contributed by atoms with Crippen molar-refractivity contribution in [2.24, 2.45) is 0 Å². The van der Waals surface area contributed by atoms with E-state index in [2.05, 4.69) is 177 Å². The Hall–Kier alpha value is -17.1. The van der Waals surface area contributed by atoms with Crippen LogP contribution in [-0.2, 0) is 0 Å². The van der Waals surface area contributed by atoms with Crippen molar-refractivity contribution >= 4 is 66.2 Å². The predicted molar refractivity (Wildman–Crippen MR) is 512 cm³/mol. The van der Waals surface area contributed by atoms with E-state index in [4.69, 9.17) is 19.9 Å². The van der Waals surface area contributed by atoms with Gasteiger partial charge in [0, 0.05) is 82.3 Å². The standard InChI is InChI=1S/C21H16N2.C19H14N4.C16H13N3.C16H13N.C10H9N3.C9H8N2.2C8H7N3/c1-15-12-13-18-19(14-15)23-21(17-10-6-3-7-11-17)20(22-18)16-8-4-2-5-9-16;1-13-8-9-14-17(12-13)23-19(16-7-3-5-11-21-16)18(22-14)15-6-2-4-10-20-15;1-12-17-15(13-8-4-2-5-9-13)19-16(18-12)14-10-6-3-7-11-14;1-12-11-15(13-7-3-2-4-8-13)14-9-5-6-10-16(14)17-12;1-8-7-11-10(13-12-8)9-5-3-2-4-6-9;1-7-6-10-8-4-2-3-5-9(8)11-7;1-6-4-10-7-2-3-9-5-8(7)11-6;1-6-5-10-7-3-2-4-9-8(7)11-6/h2-14H,1H3;2-12H,1H3;2-11H,1H3;2-11H,1H3;2-7H,1H3;2-6H,1H3;2*2-5H,1H3. The van der Waals surface area contributed by atoms with Gasteiger partial charge in [-0.05, 0) is 169 Å². The molecule has 22 aromatic rings. The van der Waals surface area contributed by atoms with Gasteiger partial charge in [0.15, 0.2) is 23.1 Å². The third-order valence-corrected chi connectivity index (χ3v) is 19.5. The van der Waals surface area contributed by atoms with Crippen LogP contribution in [0, 0.1) is 55.4 Å². The van der Waals surface area contributed by atoms with Gasteiger partial charge in [0.1, 0.15) is 28.2 Å². The molecule has 0 aliphatic carbocycles. The number of hydrogen-bond acceptors (Lipinski definition) is 21. The molecule has 0 amide bonds. The maximum Gasteiger partial charge on any atom is 0.181 e. The van der Waals surface area contributed by atoms with Crippen LogP contribution in [0.25, 0.3) is 157 Å². The van der Waals surface area contributed by atoms with Crippen LogP contribution < -0.4 is 0 Å². The van der Waals surface area contributed by atoms with Crippen LogP contribution in [0.5, 0.6) is 0 Å². The first-order valence-corrected chi connectivity index (χ1v) is 41.5. The fourth-order valence-electron chi connectivity index (χ4n) is 13.4. The molecule has 0 radical (unpaired) electrons. The van der Waals surface area contributed by atoms with Crippen LogP contribution in [0.3, 0.4) is 0 Å². The summed E-state index contributed by atoms with van der Waals surface area (Å²) in [4.78, 5) is 83.7. The highest BCUT2D eigenvalue weighted by molar-refractivity contribution is 5.95. The Bertz CT molecular complexity index is 6990. The largest absolute Gasteiger partial charge is 0.262 e. The molecule has 0 unspecified atom stereocenters. The fourth-order valence-corrected chi connectivity index (χ4v) is 13.4. The van der Waals surface area contributed by atoms with Crippen LogP contribution in [0.2, 0.25) is 0 Å². The lowest BCUT2D eigenvalue weighted by Crippen LogP contribution is -1.99. The smallest absolute Gasteiger partial charge is 0.181 e. The highest BCUT2D eigenvalue weighted by Gasteiger charge is 2.17. The summed E-state index contributed by atoms with van der Waals surface area (Å²) in [6.07, 6.45) is 15.7. The zero-order valence-corrected chi connectivity index (χ0v) is 71.8. The lowest BCUT2D eigenvalue weighted by molar-refractivity contribution is 0.935. The van der Waals surface area contributed by atoms with Gasteiger partial charge in [-0.2, -0.15) is 5.10 Å². The summed E-state index contributed by atoms with van der Waals surface area (Å²) >= 11 is 0. The van der Waals surface area contributed by atoms with Crippen molar-refractivity contribution < 1.29 is 0 Å². The van der Waals surface area contributed by atoms with Gasteiger partial charge < -0.3 is 0 Å². The number of nitrogens with zero attached hydrogens (tertiary/aromatic N) is 21. The second-order valence-corrected chi connectivity index (χ2v) is 29.5. The summed E-state index contributed by atoms with van der Waals surface area (Å²) in [6, 6.07) is 108. The van der Waals surface area contributed by atoms with Crippen molar-refractivity contribution in [3.63, 3.8) is 0 Å². The molecule has 0 aliphatic rings. The second-order valence-electron chi connectivity index (χ2n) is 29.5. The zero-order chi connectivity index (χ0) is 88.2. The number of para-hydroxylation sites is 3. The summed E-state index contributed by atoms with van der Waals surface area (Å²) in [7, 11) is 0. The highest BCUT2D eigenvalue weighted by atomic mass is 15.1. The van der Waals surface area contributed by atoms with E-state index in [1.54, 1.807) is 55.8 Å². The monoisotopic (exact) mass is 1670 g/mol. The number of fused-ring (bicyclic) bond motifs is 6. The van der Waals surface area contributed by atoms with Crippen LogP contribution >= 0.6 is 0 Å². The quantitative estimate of drug-likeness (QED) is 0.137. The number of rotatable bonds is 8. The summed E-state index contributed by atoms with van der Waals surface area (Å²) < 4.78 is 0. The molecule has 21 heteroatoms. The summed E-state index contributed by atoms with van der Waals surface area (Å²) in [5, 5.41) is 9.14. The van der Waals surface area contributed by atoms with Crippen molar-refractivity contribution in [3.8, 4) is 90.6 Å². The van der Waals surface area contributed by atoms with Gasteiger partial charge >= 0.3 is 0 Å². The average molecular weight is 1670 g/mol. The van der Waals surface area contributed by atoms with Crippen molar-refractivity contribution in [1.29, 1.82) is 0 Å². The molecule has 0 atom stereocenters. The van der Waals surface area contributed by atoms with Gasteiger partial charge in [-0.15, -0.1) is 5.10 Å². The van der Waals surface area contributed by atoms with Gasteiger partial charge in [-0.3, -0.25) is 34.9 Å². The molecule has 0 fully saturated rings.